The molecule has 1 aromatic heterocycles. The van der Waals surface area contributed by atoms with E-state index in [0.717, 1.165) is 36.7 Å². The molecule has 5 rings (SSSR count). The van der Waals surface area contributed by atoms with Crippen molar-refractivity contribution in [3.8, 4) is 0 Å². The van der Waals surface area contributed by atoms with Gasteiger partial charge in [0.25, 0.3) is 0 Å². The number of nitrogens with zero attached hydrogens (tertiary/aromatic N) is 4. The summed E-state index contributed by atoms with van der Waals surface area (Å²) in [7, 11) is -7.36. The van der Waals surface area contributed by atoms with Gasteiger partial charge in [0.15, 0.2) is 0 Å². The third kappa shape index (κ3) is 4.42. The van der Waals surface area contributed by atoms with Gasteiger partial charge in [-0.2, -0.15) is 4.31 Å². The highest BCUT2D eigenvalue weighted by Gasteiger charge is 2.31. The van der Waals surface area contributed by atoms with Crippen LogP contribution in [0.3, 0.4) is 0 Å². The van der Waals surface area contributed by atoms with E-state index in [2.05, 4.69) is 15.0 Å². The molecule has 9 nitrogen and oxygen atoms in total. The Morgan fingerprint density at radius 1 is 0.818 bits per heavy atom. The molecule has 1 saturated carbocycles. The van der Waals surface area contributed by atoms with Crippen molar-refractivity contribution in [2.75, 3.05) is 13.1 Å². The summed E-state index contributed by atoms with van der Waals surface area (Å²) in [5.74, 6) is 0. The number of aromatic nitrogens is 3. The normalized spacial score (nSPS) is 19.4. The largest absolute Gasteiger partial charge is 0.243 e. The van der Waals surface area contributed by atoms with Crippen LogP contribution in [-0.2, 0) is 20.0 Å². The molecule has 0 radical (unpaired) electrons. The molecule has 0 atom stereocenters. The van der Waals surface area contributed by atoms with Crippen molar-refractivity contribution in [1.29, 1.82) is 0 Å². The van der Waals surface area contributed by atoms with Crippen LogP contribution in [0.1, 0.15) is 44.6 Å². The lowest BCUT2D eigenvalue weighted by atomic mass is 10.1. The van der Waals surface area contributed by atoms with Gasteiger partial charge in [0.05, 0.1) is 21.3 Å². The first-order chi connectivity index (χ1) is 15.8. The second-order valence-electron chi connectivity index (χ2n) is 8.73. The summed E-state index contributed by atoms with van der Waals surface area (Å²) in [6, 6.07) is 13.3. The minimum atomic E-state index is -3.71. The SMILES string of the molecule is O=S(=O)(NC1CCCC1)c1ccc(S(=O)(=O)N2CCC(n3nnc4ccccc43)CC2)cc1. The van der Waals surface area contributed by atoms with E-state index in [0.29, 0.717) is 25.9 Å². The summed E-state index contributed by atoms with van der Waals surface area (Å²) in [5, 5.41) is 8.47. The highest BCUT2D eigenvalue weighted by atomic mass is 32.2. The minimum absolute atomic E-state index is 0.0400. The van der Waals surface area contributed by atoms with E-state index >= 15 is 0 Å². The van der Waals surface area contributed by atoms with Gasteiger partial charge >= 0.3 is 0 Å². The third-order valence-electron chi connectivity index (χ3n) is 6.60. The van der Waals surface area contributed by atoms with Crippen LogP contribution in [0.25, 0.3) is 11.0 Å². The zero-order chi connectivity index (χ0) is 23.1. The van der Waals surface area contributed by atoms with Crippen LogP contribution in [0, 0.1) is 0 Å². The Hall–Kier alpha value is -2.34. The number of hydrogen-bond acceptors (Lipinski definition) is 6. The third-order valence-corrected chi connectivity index (χ3v) is 10.0. The fraction of sp³-hybridized carbons (Fsp3) is 0.455. The molecule has 2 heterocycles. The van der Waals surface area contributed by atoms with Crippen molar-refractivity contribution in [1.82, 2.24) is 24.0 Å². The number of benzene rings is 2. The molecule has 176 valence electrons. The molecule has 0 unspecified atom stereocenters. The highest BCUT2D eigenvalue weighted by molar-refractivity contribution is 7.89. The van der Waals surface area contributed by atoms with E-state index in [9.17, 15) is 16.8 Å². The van der Waals surface area contributed by atoms with Gasteiger partial charge in [0.1, 0.15) is 5.52 Å². The predicted octanol–water partition coefficient (Wildman–Crippen LogP) is 2.68. The van der Waals surface area contributed by atoms with E-state index in [1.807, 2.05) is 28.9 Å². The van der Waals surface area contributed by atoms with Gasteiger partial charge in [-0.3, -0.25) is 0 Å². The average Bonchev–Trinajstić information content (AvgIpc) is 3.49. The van der Waals surface area contributed by atoms with Crippen LogP contribution in [0.2, 0.25) is 0 Å². The van der Waals surface area contributed by atoms with Crippen LogP contribution >= 0.6 is 0 Å². The van der Waals surface area contributed by atoms with Crippen LogP contribution < -0.4 is 4.72 Å². The van der Waals surface area contributed by atoms with Crippen molar-refractivity contribution in [3.63, 3.8) is 0 Å². The second-order valence-corrected chi connectivity index (χ2v) is 12.4. The fourth-order valence-electron chi connectivity index (χ4n) is 4.75. The van der Waals surface area contributed by atoms with Crippen molar-refractivity contribution in [2.45, 2.75) is 60.4 Å². The van der Waals surface area contributed by atoms with Crippen LogP contribution in [0.15, 0.2) is 58.3 Å². The number of hydrogen-bond donors (Lipinski definition) is 1. The fourth-order valence-corrected chi connectivity index (χ4v) is 7.53. The Morgan fingerprint density at radius 3 is 2.15 bits per heavy atom. The lowest BCUT2D eigenvalue weighted by Crippen LogP contribution is -2.39. The molecule has 2 fully saturated rings. The highest BCUT2D eigenvalue weighted by Crippen LogP contribution is 2.29. The molecule has 1 saturated heterocycles. The maximum Gasteiger partial charge on any atom is 0.243 e. The molecule has 1 N–H and O–H groups in total. The van der Waals surface area contributed by atoms with Crippen LogP contribution in [0.4, 0.5) is 0 Å². The molecule has 3 aromatic rings. The summed E-state index contributed by atoms with van der Waals surface area (Å²) in [5.41, 5.74) is 1.77. The summed E-state index contributed by atoms with van der Waals surface area (Å²) in [4.78, 5) is 0.192. The zero-order valence-electron chi connectivity index (χ0n) is 18.2. The van der Waals surface area contributed by atoms with E-state index < -0.39 is 20.0 Å². The summed E-state index contributed by atoms with van der Waals surface area (Å²) < 4.78 is 57.6. The molecule has 1 aliphatic heterocycles. The first-order valence-electron chi connectivity index (χ1n) is 11.3. The number of piperidine rings is 1. The molecule has 33 heavy (non-hydrogen) atoms. The molecule has 2 aromatic carbocycles. The van der Waals surface area contributed by atoms with Crippen molar-refractivity contribution in [2.24, 2.45) is 0 Å². The van der Waals surface area contributed by atoms with Gasteiger partial charge in [-0.15, -0.1) is 5.10 Å². The maximum atomic E-state index is 13.2. The number of fused-ring (bicyclic) bond motifs is 1. The van der Waals surface area contributed by atoms with Gasteiger partial charge in [-0.25, -0.2) is 26.2 Å². The molecule has 0 spiro atoms. The van der Waals surface area contributed by atoms with Crippen molar-refractivity contribution >= 4 is 31.1 Å². The number of para-hydroxylation sites is 1. The summed E-state index contributed by atoms with van der Waals surface area (Å²) in [6.07, 6.45) is 4.98. The van der Waals surface area contributed by atoms with E-state index in [1.54, 1.807) is 0 Å². The van der Waals surface area contributed by atoms with Crippen LogP contribution in [-0.4, -0.2) is 55.3 Å². The Bertz CT molecular complexity index is 1340. The van der Waals surface area contributed by atoms with Crippen molar-refractivity contribution < 1.29 is 16.8 Å². The topological polar surface area (TPSA) is 114 Å². The lowest BCUT2D eigenvalue weighted by molar-refractivity contribution is 0.263. The first kappa shape index (κ1) is 22.5. The second kappa shape index (κ2) is 8.79. The molecule has 0 bridgehead atoms. The van der Waals surface area contributed by atoms with Gasteiger partial charge < -0.3 is 0 Å². The average molecular weight is 490 g/mol. The standard InChI is InChI=1S/C22H27N5O4S2/c28-32(29,24-17-5-1-2-6-17)19-9-11-20(12-10-19)33(30,31)26-15-13-18(14-16-26)27-22-8-4-3-7-21(22)23-25-27/h3-4,7-12,17-18,24H,1-2,5-6,13-16H2. The van der Waals surface area contributed by atoms with Gasteiger partial charge in [-0.1, -0.05) is 30.2 Å². The Morgan fingerprint density at radius 2 is 1.45 bits per heavy atom. The van der Waals surface area contributed by atoms with Gasteiger partial charge in [0, 0.05) is 19.1 Å². The molecular weight excluding hydrogens is 462 g/mol. The minimum Gasteiger partial charge on any atom is -0.242 e. The quantitative estimate of drug-likeness (QED) is 0.569. The van der Waals surface area contributed by atoms with Gasteiger partial charge in [-0.05, 0) is 62.1 Å². The van der Waals surface area contributed by atoms with Gasteiger partial charge in [0.2, 0.25) is 20.0 Å². The van der Waals surface area contributed by atoms with E-state index in [1.165, 1.54) is 28.6 Å². The number of sulfonamides is 2. The number of rotatable bonds is 6. The van der Waals surface area contributed by atoms with Crippen molar-refractivity contribution in [3.05, 3.63) is 48.5 Å². The zero-order valence-corrected chi connectivity index (χ0v) is 19.8. The predicted molar refractivity (Wildman–Crippen MR) is 124 cm³/mol. The molecule has 1 aliphatic carbocycles. The first-order valence-corrected chi connectivity index (χ1v) is 14.2. The van der Waals surface area contributed by atoms with Crippen LogP contribution in [0.5, 0.6) is 0 Å². The maximum absolute atomic E-state index is 13.2. The summed E-state index contributed by atoms with van der Waals surface area (Å²) in [6.45, 7) is 0.731. The van der Waals surface area contributed by atoms with E-state index in [4.69, 9.17) is 0 Å². The monoisotopic (exact) mass is 489 g/mol. The molecule has 2 aliphatic rings. The Kier molecular flexibility index (Phi) is 5.98. The molecule has 11 heteroatoms. The molecule has 0 amide bonds. The Balaban J connectivity index is 1.27. The lowest BCUT2D eigenvalue weighted by Gasteiger charge is -2.31. The van der Waals surface area contributed by atoms with E-state index in [-0.39, 0.29) is 21.9 Å². The molecular formula is C22H27N5O4S2. The Labute approximate surface area is 193 Å². The smallest absolute Gasteiger partial charge is 0.242 e. The number of nitrogens with one attached hydrogen (secondary N) is 1. The summed E-state index contributed by atoms with van der Waals surface area (Å²) >= 11 is 0.